The van der Waals surface area contributed by atoms with Gasteiger partial charge in [-0.2, -0.15) is 0 Å². The molecule has 0 saturated carbocycles. The molecule has 0 aromatic carbocycles. The normalized spacial score (nSPS) is 5.50. The Balaban J connectivity index is 0. The van der Waals surface area contributed by atoms with Crippen LogP contribution in [0.25, 0.3) is 0 Å². The van der Waals surface area contributed by atoms with Gasteiger partial charge in [0, 0.05) is 23.1 Å². The Kier molecular flexibility index (Phi) is 20.5. The number of hydrogen-bond donors (Lipinski definition) is 0. The first-order chi connectivity index (χ1) is 1.41. The van der Waals surface area contributed by atoms with Crippen molar-refractivity contribution in [3.63, 3.8) is 0 Å². The molecule has 0 bridgehead atoms. The third-order valence-corrected chi connectivity index (χ3v) is 0. The van der Waals surface area contributed by atoms with Gasteiger partial charge in [0.15, 0.2) is 0 Å². The van der Waals surface area contributed by atoms with E-state index in [1.54, 1.807) is 0 Å². The Morgan fingerprint density at radius 2 is 1.25 bits per heavy atom. The molecule has 0 aromatic heterocycles. The number of halogens is 2. The Morgan fingerprint density at radius 1 is 1.25 bits per heavy atom. The molecule has 0 nitrogen and oxygen atoms in total. The Hall–Kier alpha value is 1.85. The molecule has 4 heavy (non-hydrogen) atoms. The third kappa shape index (κ3) is 9.13. The second kappa shape index (κ2) is 8.85. The van der Waals surface area contributed by atoms with Gasteiger partial charge in [0.1, 0.15) is 0 Å². The quantitative estimate of drug-likeness (QED) is 0.456. The van der Waals surface area contributed by atoms with E-state index in [-0.39, 0.29) is 23.1 Å². The van der Waals surface area contributed by atoms with Crippen molar-refractivity contribution in [3.8, 4) is 0 Å². The average Bonchev–Trinajstić information content (AvgIpc) is 0.918. The van der Waals surface area contributed by atoms with Crippen LogP contribution in [0.5, 0.6) is 0 Å². The molecule has 0 saturated heterocycles. The minimum Gasteiger partial charge on any atom is 0 e. The minimum atomic E-state index is 0. The van der Waals surface area contributed by atoms with Crippen LogP contribution in [0.4, 0.5) is 0 Å². The van der Waals surface area contributed by atoms with Crippen LogP contribution in [0, 0.1) is 0 Å². The summed E-state index contributed by atoms with van der Waals surface area (Å²) in [5.41, 5.74) is 0. The molecule has 0 heterocycles. The fourth-order valence-corrected chi connectivity index (χ4v) is 0. The van der Waals surface area contributed by atoms with Crippen molar-refractivity contribution in [1.82, 2.24) is 0 Å². The van der Waals surface area contributed by atoms with Gasteiger partial charge in [0.2, 0.25) is 0 Å². The van der Waals surface area contributed by atoms with Crippen LogP contribution in [0.2, 0.25) is 0 Å². The van der Waals surface area contributed by atoms with E-state index in [1.807, 2.05) is 0 Å². The summed E-state index contributed by atoms with van der Waals surface area (Å²) in [5.74, 6) is 0. The molecule has 0 atom stereocenters. The van der Waals surface area contributed by atoms with Crippen LogP contribution >= 0.6 is 20.3 Å². The molecular weight excluding hydrogens is 154 g/mol. The molecule has 2 radical (unpaired) electrons. The maximum absolute atomic E-state index is 4.73. The standard InChI is InChI=1S/2ClH.Co.Mg/h2*1H;;/q;;+2;/p-2. The molecular formula is Cl2CoMg. The Bertz CT molecular complexity index is 6.00. The zero-order chi connectivity index (χ0) is 2.71. The summed E-state index contributed by atoms with van der Waals surface area (Å²) in [6, 6.07) is 0. The predicted octanol–water partition coefficient (Wildman–Crippen LogP) is 0.996. The summed E-state index contributed by atoms with van der Waals surface area (Å²) in [6.45, 7) is 0. The maximum atomic E-state index is 4.73. The van der Waals surface area contributed by atoms with Crippen molar-refractivity contribution < 1.29 is 12.9 Å². The second-order valence-corrected chi connectivity index (χ2v) is 1.77. The largest absolute Gasteiger partial charge is 0 e. The zero-order valence-corrected chi connectivity index (χ0v) is 5.76. The van der Waals surface area contributed by atoms with Crippen molar-refractivity contribution in [3.05, 3.63) is 0 Å². The minimum absolute atomic E-state index is 0. The van der Waals surface area contributed by atoms with Crippen molar-refractivity contribution >= 4 is 43.3 Å². The topological polar surface area (TPSA) is 0 Å². The van der Waals surface area contributed by atoms with Gasteiger partial charge < -0.3 is 0 Å². The van der Waals surface area contributed by atoms with Gasteiger partial charge in [-0.15, -0.1) is 0 Å². The summed E-state index contributed by atoms with van der Waals surface area (Å²) >= 11 is 0.382. The second-order valence-electron chi connectivity index (χ2n) is 0.0476. The van der Waals surface area contributed by atoms with Crippen LogP contribution in [0.1, 0.15) is 0 Å². The van der Waals surface area contributed by atoms with E-state index in [1.165, 1.54) is 0 Å². The summed E-state index contributed by atoms with van der Waals surface area (Å²) in [5, 5.41) is 0. The van der Waals surface area contributed by atoms with Gasteiger partial charge in [0.05, 0.1) is 0 Å². The molecule has 0 spiro atoms. The van der Waals surface area contributed by atoms with Gasteiger partial charge in [-0.1, -0.05) is 0 Å². The van der Waals surface area contributed by atoms with Crippen LogP contribution in [-0.4, -0.2) is 23.1 Å². The molecule has 0 aliphatic carbocycles. The van der Waals surface area contributed by atoms with E-state index in [0.717, 1.165) is 0 Å². The molecule has 0 aromatic rings. The van der Waals surface area contributed by atoms with Crippen molar-refractivity contribution in [1.29, 1.82) is 0 Å². The van der Waals surface area contributed by atoms with E-state index in [9.17, 15) is 0 Å². The van der Waals surface area contributed by atoms with Crippen LogP contribution in [0.3, 0.4) is 0 Å². The van der Waals surface area contributed by atoms with Crippen molar-refractivity contribution in [2.45, 2.75) is 0 Å². The molecule has 0 unspecified atom stereocenters. The van der Waals surface area contributed by atoms with Gasteiger partial charge >= 0.3 is 33.2 Å². The monoisotopic (exact) mass is 153 g/mol. The first-order valence-corrected chi connectivity index (χ1v) is 3.12. The van der Waals surface area contributed by atoms with E-state index >= 15 is 0 Å². The third-order valence-electron chi connectivity index (χ3n) is 0. The van der Waals surface area contributed by atoms with Crippen LogP contribution in [-0.2, 0) is 12.9 Å². The van der Waals surface area contributed by atoms with Gasteiger partial charge in [-0.05, 0) is 0 Å². The molecule has 0 N–H and O–H groups in total. The fourth-order valence-electron chi connectivity index (χ4n) is 0. The fraction of sp³-hybridized carbons (Fsp3) is 0. The van der Waals surface area contributed by atoms with E-state index in [0.29, 0.717) is 12.9 Å². The molecule has 0 aliphatic heterocycles. The smallest absolute Gasteiger partial charge is 0 e. The SMILES string of the molecule is [Cl][Co][Cl].[Mg]. The average molecular weight is 154 g/mol. The summed E-state index contributed by atoms with van der Waals surface area (Å²) < 4.78 is 0. The van der Waals surface area contributed by atoms with Crippen LogP contribution < -0.4 is 0 Å². The predicted molar refractivity (Wildman–Crippen MR) is 17.5 cm³/mol. The van der Waals surface area contributed by atoms with E-state index in [2.05, 4.69) is 0 Å². The van der Waals surface area contributed by atoms with Gasteiger partial charge in [0.25, 0.3) is 0 Å². The summed E-state index contributed by atoms with van der Waals surface area (Å²) in [4.78, 5) is 0. The first-order valence-electron chi connectivity index (χ1n) is 0.252. The molecule has 0 fully saturated rings. The van der Waals surface area contributed by atoms with Crippen LogP contribution in [0.15, 0.2) is 0 Å². The number of hydrogen-bond acceptors (Lipinski definition) is 0. The first kappa shape index (κ1) is 9.29. The Labute approximate surface area is 55.9 Å². The summed E-state index contributed by atoms with van der Waals surface area (Å²) in [7, 11) is 9.47. The zero-order valence-electron chi connectivity index (χ0n) is 1.80. The van der Waals surface area contributed by atoms with Crippen molar-refractivity contribution in [2.75, 3.05) is 0 Å². The Morgan fingerprint density at radius 3 is 1.25 bits per heavy atom. The molecule has 0 aliphatic rings. The van der Waals surface area contributed by atoms with Crippen molar-refractivity contribution in [2.24, 2.45) is 0 Å². The molecule has 0 rings (SSSR count). The maximum Gasteiger partial charge on any atom is 0 e. The van der Waals surface area contributed by atoms with Gasteiger partial charge in [-0.3, -0.25) is 0 Å². The molecule has 0 amide bonds. The molecule has 4 heteroatoms. The summed E-state index contributed by atoms with van der Waals surface area (Å²) in [6.07, 6.45) is 0. The van der Waals surface area contributed by atoms with E-state index in [4.69, 9.17) is 20.3 Å². The van der Waals surface area contributed by atoms with E-state index < -0.39 is 0 Å². The molecule has 25 valence electrons. The van der Waals surface area contributed by atoms with Gasteiger partial charge in [-0.25, -0.2) is 0 Å². The number of rotatable bonds is 0.